The Bertz CT molecular complexity index is 925. The smallest absolute Gasteiger partial charge is 0.213 e. The molecule has 3 rings (SSSR count). The van der Waals surface area contributed by atoms with Crippen molar-refractivity contribution >= 4 is 12.2 Å². The van der Waals surface area contributed by atoms with Gasteiger partial charge in [-0.15, -0.1) is 0 Å². The Balaban J connectivity index is 2.26. The summed E-state index contributed by atoms with van der Waals surface area (Å²) in [6.07, 6.45) is 1.55. The molecule has 5 nitrogen and oxygen atoms in total. The van der Waals surface area contributed by atoms with E-state index in [1.54, 1.807) is 35.9 Å². The molecule has 1 aromatic carbocycles. The largest absolute Gasteiger partial charge is 0.318 e. The van der Waals surface area contributed by atoms with Crippen LogP contribution in [0.3, 0.4) is 0 Å². The lowest BCUT2D eigenvalue weighted by Gasteiger charge is -2.12. The molecule has 0 aliphatic rings. The van der Waals surface area contributed by atoms with Crippen LogP contribution in [0.4, 0.5) is 4.39 Å². The van der Waals surface area contributed by atoms with Gasteiger partial charge in [-0.05, 0) is 31.3 Å². The van der Waals surface area contributed by atoms with Crippen molar-refractivity contribution in [1.82, 2.24) is 19.7 Å². The van der Waals surface area contributed by atoms with E-state index in [4.69, 9.17) is 12.2 Å². The number of H-pyrrole nitrogens is 2. The molecule has 0 fully saturated rings. The molecule has 7 heteroatoms. The Morgan fingerprint density at radius 2 is 2.05 bits per heavy atom. The van der Waals surface area contributed by atoms with E-state index < -0.39 is 0 Å². The normalized spacial score (nSPS) is 10.8. The van der Waals surface area contributed by atoms with Gasteiger partial charge in [0.1, 0.15) is 5.82 Å². The van der Waals surface area contributed by atoms with Crippen LogP contribution in [0.5, 0.6) is 0 Å². The van der Waals surface area contributed by atoms with Gasteiger partial charge in [-0.2, -0.15) is 4.98 Å². The van der Waals surface area contributed by atoms with Crippen LogP contribution in [0.15, 0.2) is 41.3 Å². The summed E-state index contributed by atoms with van der Waals surface area (Å²) in [5, 5.41) is 5.36. The molecule has 2 N–H and O–H groups in total. The quantitative estimate of drug-likeness (QED) is 0.715. The summed E-state index contributed by atoms with van der Waals surface area (Å²) in [6, 6.07) is 7.80. The molecule has 2 heterocycles. The Labute approximate surface area is 124 Å². The molecule has 0 bridgehead atoms. The van der Waals surface area contributed by atoms with Crippen LogP contribution in [0, 0.1) is 17.5 Å². The second-order valence-electron chi connectivity index (χ2n) is 4.53. The number of halogens is 1. The number of aromatic nitrogens is 4. The van der Waals surface area contributed by atoms with Gasteiger partial charge in [-0.3, -0.25) is 15.0 Å². The molecule has 21 heavy (non-hydrogen) atoms. The lowest BCUT2D eigenvalue weighted by atomic mass is 10.2. The number of para-hydroxylation sites is 1. The number of pyridine rings is 1. The fraction of sp³-hybridized carbons (Fsp3) is 0.0714. The van der Waals surface area contributed by atoms with Crippen LogP contribution in [0.2, 0.25) is 0 Å². The van der Waals surface area contributed by atoms with Crippen molar-refractivity contribution in [2.24, 2.45) is 0 Å². The van der Waals surface area contributed by atoms with Gasteiger partial charge in [0, 0.05) is 18.0 Å². The molecule has 0 saturated carbocycles. The molecule has 0 radical (unpaired) electrons. The SMILES string of the molecule is Cc1cc(=O)c(-c2nc(=S)[nH][nH]2)cn1-c1ccccc1F. The van der Waals surface area contributed by atoms with Crippen LogP contribution in [0.25, 0.3) is 17.1 Å². The van der Waals surface area contributed by atoms with E-state index >= 15 is 0 Å². The van der Waals surface area contributed by atoms with Crippen LogP contribution in [-0.4, -0.2) is 19.7 Å². The van der Waals surface area contributed by atoms with Gasteiger partial charge in [0.05, 0.1) is 11.3 Å². The zero-order chi connectivity index (χ0) is 15.0. The molecule has 0 unspecified atom stereocenters. The zero-order valence-corrected chi connectivity index (χ0v) is 11.9. The molecule has 0 spiro atoms. The van der Waals surface area contributed by atoms with Crippen molar-refractivity contribution in [3.05, 3.63) is 63.0 Å². The van der Waals surface area contributed by atoms with E-state index in [0.29, 0.717) is 22.8 Å². The Kier molecular flexibility index (Phi) is 3.26. The van der Waals surface area contributed by atoms with Crippen molar-refractivity contribution in [3.8, 4) is 17.1 Å². The summed E-state index contributed by atoms with van der Waals surface area (Å²) in [6.45, 7) is 1.74. The van der Waals surface area contributed by atoms with Crippen LogP contribution in [0.1, 0.15) is 5.69 Å². The predicted molar refractivity (Wildman–Crippen MR) is 79.5 cm³/mol. The second kappa shape index (κ2) is 5.10. The molecule has 2 aromatic heterocycles. The maximum Gasteiger partial charge on any atom is 0.213 e. The number of benzene rings is 1. The Morgan fingerprint density at radius 1 is 1.29 bits per heavy atom. The van der Waals surface area contributed by atoms with Crippen molar-refractivity contribution in [3.63, 3.8) is 0 Å². The van der Waals surface area contributed by atoms with Gasteiger partial charge in [-0.25, -0.2) is 4.39 Å². The highest BCUT2D eigenvalue weighted by Crippen LogP contribution is 2.17. The monoisotopic (exact) mass is 302 g/mol. The lowest BCUT2D eigenvalue weighted by Crippen LogP contribution is -2.12. The highest BCUT2D eigenvalue weighted by atomic mass is 32.1. The highest BCUT2D eigenvalue weighted by molar-refractivity contribution is 7.71. The molecule has 0 aliphatic carbocycles. The number of hydrogen-bond acceptors (Lipinski definition) is 3. The number of aryl methyl sites for hydroxylation is 1. The summed E-state index contributed by atoms with van der Waals surface area (Å²) >= 11 is 4.88. The molecule has 0 amide bonds. The summed E-state index contributed by atoms with van der Waals surface area (Å²) < 4.78 is 15.8. The topological polar surface area (TPSA) is 66.5 Å². The maximum absolute atomic E-state index is 13.9. The Morgan fingerprint density at radius 3 is 2.71 bits per heavy atom. The van der Waals surface area contributed by atoms with Gasteiger partial charge in [0.2, 0.25) is 4.77 Å². The lowest BCUT2D eigenvalue weighted by molar-refractivity contribution is 0.616. The number of hydrogen-bond donors (Lipinski definition) is 2. The van der Waals surface area contributed by atoms with E-state index in [9.17, 15) is 9.18 Å². The zero-order valence-electron chi connectivity index (χ0n) is 11.1. The van der Waals surface area contributed by atoms with E-state index in [2.05, 4.69) is 15.2 Å². The number of nitrogens with zero attached hydrogens (tertiary/aromatic N) is 2. The Hall–Kier alpha value is -2.54. The van der Waals surface area contributed by atoms with Gasteiger partial charge >= 0.3 is 0 Å². The first-order chi connectivity index (χ1) is 10.1. The number of aromatic amines is 2. The molecule has 0 saturated heterocycles. The van der Waals surface area contributed by atoms with Crippen LogP contribution >= 0.6 is 12.2 Å². The highest BCUT2D eigenvalue weighted by Gasteiger charge is 2.12. The summed E-state index contributed by atoms with van der Waals surface area (Å²) in [5.41, 5.74) is 1.10. The van der Waals surface area contributed by atoms with E-state index in [1.807, 2.05) is 0 Å². The molecular weight excluding hydrogens is 291 g/mol. The van der Waals surface area contributed by atoms with Crippen LogP contribution < -0.4 is 5.43 Å². The third-order valence-electron chi connectivity index (χ3n) is 3.11. The first kappa shape index (κ1) is 13.4. The van der Waals surface area contributed by atoms with Gasteiger partial charge < -0.3 is 4.57 Å². The average Bonchev–Trinajstić information content (AvgIpc) is 2.86. The molecule has 0 aliphatic heterocycles. The first-order valence-corrected chi connectivity index (χ1v) is 6.60. The van der Waals surface area contributed by atoms with Gasteiger partial charge in [-0.1, -0.05) is 12.1 Å². The van der Waals surface area contributed by atoms with Gasteiger partial charge in [0.15, 0.2) is 11.3 Å². The summed E-state index contributed by atoms with van der Waals surface area (Å²) in [7, 11) is 0. The minimum absolute atomic E-state index is 0.210. The predicted octanol–water partition coefficient (Wildman–Crippen LogP) is 2.73. The van der Waals surface area contributed by atoms with E-state index in [-0.39, 0.29) is 16.0 Å². The summed E-state index contributed by atoms with van der Waals surface area (Å²) in [5.74, 6) is -0.0414. The third-order valence-corrected chi connectivity index (χ3v) is 3.31. The molecular formula is C14H11FN4OS. The maximum atomic E-state index is 13.9. The minimum atomic E-state index is -0.370. The van der Waals surface area contributed by atoms with Crippen molar-refractivity contribution in [2.75, 3.05) is 0 Å². The van der Waals surface area contributed by atoms with E-state index in [0.717, 1.165) is 0 Å². The molecule has 0 atom stereocenters. The van der Waals surface area contributed by atoms with Crippen molar-refractivity contribution in [2.45, 2.75) is 6.92 Å². The fourth-order valence-corrected chi connectivity index (χ4v) is 2.26. The van der Waals surface area contributed by atoms with Crippen molar-refractivity contribution < 1.29 is 4.39 Å². The number of rotatable bonds is 2. The summed E-state index contributed by atoms with van der Waals surface area (Å²) in [4.78, 5) is 16.1. The minimum Gasteiger partial charge on any atom is -0.318 e. The van der Waals surface area contributed by atoms with Crippen molar-refractivity contribution in [1.29, 1.82) is 0 Å². The average molecular weight is 302 g/mol. The van der Waals surface area contributed by atoms with Gasteiger partial charge in [0.25, 0.3) is 0 Å². The molecule has 106 valence electrons. The third kappa shape index (κ3) is 2.43. The fourth-order valence-electron chi connectivity index (χ4n) is 2.11. The van der Waals surface area contributed by atoms with E-state index in [1.165, 1.54) is 12.1 Å². The number of nitrogens with one attached hydrogen (secondary N) is 2. The molecule has 3 aromatic rings. The van der Waals surface area contributed by atoms with Crippen LogP contribution in [-0.2, 0) is 0 Å². The standard InChI is InChI=1S/C14H11FN4OS/c1-8-6-12(20)9(13-16-14(21)18-17-13)7-19(8)11-5-3-2-4-10(11)15/h2-7H,1H3,(H2,16,17,18,21). The second-order valence-corrected chi connectivity index (χ2v) is 4.92. The first-order valence-electron chi connectivity index (χ1n) is 6.19.